The number of tetrazole rings is 1. The van der Waals surface area contributed by atoms with Gasteiger partial charge in [0.25, 0.3) is 0 Å². The van der Waals surface area contributed by atoms with Gasteiger partial charge in [-0.05, 0) is 6.42 Å². The molecule has 6 nitrogen and oxygen atoms in total. The highest BCUT2D eigenvalue weighted by atomic mass is 16.1. The first kappa shape index (κ1) is 9.63. The Morgan fingerprint density at radius 3 is 3.08 bits per heavy atom. The molecule has 1 amide bonds. The van der Waals surface area contributed by atoms with Gasteiger partial charge in [-0.2, -0.15) is 5.21 Å². The van der Waals surface area contributed by atoms with E-state index in [2.05, 4.69) is 32.9 Å². The minimum Gasteiger partial charge on any atom is -0.356 e. The highest BCUT2D eigenvalue weighted by Gasteiger charge is 2.05. The Labute approximate surface area is 76.1 Å². The molecule has 0 spiro atoms. The van der Waals surface area contributed by atoms with Crippen LogP contribution in [0.2, 0.25) is 0 Å². The molecule has 1 aromatic rings. The number of hydrogen-bond acceptors (Lipinski definition) is 4. The number of nitrogens with zero attached hydrogens (tertiary/aromatic N) is 3. The highest BCUT2D eigenvalue weighted by Crippen LogP contribution is 1.87. The van der Waals surface area contributed by atoms with Gasteiger partial charge in [0.2, 0.25) is 5.91 Å². The molecule has 0 radical (unpaired) electrons. The molecule has 0 fully saturated rings. The van der Waals surface area contributed by atoms with E-state index in [0.717, 1.165) is 12.8 Å². The molecular formula is C7H13N5O. The molecule has 0 atom stereocenters. The van der Waals surface area contributed by atoms with E-state index in [4.69, 9.17) is 0 Å². The molecule has 0 unspecified atom stereocenters. The van der Waals surface area contributed by atoms with Crippen LogP contribution in [0.1, 0.15) is 25.6 Å². The lowest BCUT2D eigenvalue weighted by Crippen LogP contribution is -2.26. The van der Waals surface area contributed by atoms with Crippen LogP contribution in [0, 0.1) is 0 Å². The summed E-state index contributed by atoms with van der Waals surface area (Å²) in [5, 5.41) is 15.8. The molecule has 1 heterocycles. The van der Waals surface area contributed by atoms with Crippen molar-refractivity contribution in [1.82, 2.24) is 25.9 Å². The fraction of sp³-hybridized carbons (Fsp3) is 0.714. The topological polar surface area (TPSA) is 83.6 Å². The molecular weight excluding hydrogens is 170 g/mol. The maximum absolute atomic E-state index is 11.2. The zero-order chi connectivity index (χ0) is 9.52. The van der Waals surface area contributed by atoms with Crippen molar-refractivity contribution in [2.75, 3.05) is 6.54 Å². The normalized spacial score (nSPS) is 9.92. The van der Waals surface area contributed by atoms with E-state index in [-0.39, 0.29) is 12.3 Å². The van der Waals surface area contributed by atoms with Crippen molar-refractivity contribution in [1.29, 1.82) is 0 Å². The third kappa shape index (κ3) is 3.64. The van der Waals surface area contributed by atoms with Crippen LogP contribution in [0.3, 0.4) is 0 Å². The van der Waals surface area contributed by atoms with Gasteiger partial charge in [-0.15, -0.1) is 10.2 Å². The molecule has 6 heteroatoms. The van der Waals surface area contributed by atoms with Crippen molar-refractivity contribution in [3.8, 4) is 0 Å². The van der Waals surface area contributed by atoms with Crippen LogP contribution in [0.5, 0.6) is 0 Å². The summed E-state index contributed by atoms with van der Waals surface area (Å²) in [4.78, 5) is 11.2. The number of carbonyl (C=O) groups excluding carboxylic acids is 1. The van der Waals surface area contributed by atoms with Gasteiger partial charge >= 0.3 is 0 Å². The van der Waals surface area contributed by atoms with Crippen molar-refractivity contribution in [3.05, 3.63) is 5.82 Å². The molecule has 0 saturated heterocycles. The van der Waals surface area contributed by atoms with Crippen LogP contribution in [0.4, 0.5) is 0 Å². The smallest absolute Gasteiger partial charge is 0.227 e. The molecule has 0 aliphatic carbocycles. The third-order valence-electron chi connectivity index (χ3n) is 1.56. The van der Waals surface area contributed by atoms with Gasteiger partial charge in [0, 0.05) is 6.54 Å². The average molecular weight is 183 g/mol. The first-order valence-corrected chi connectivity index (χ1v) is 4.32. The first-order chi connectivity index (χ1) is 6.33. The van der Waals surface area contributed by atoms with E-state index in [1.165, 1.54) is 0 Å². The number of aromatic nitrogens is 4. The molecule has 0 aliphatic rings. The predicted molar refractivity (Wildman–Crippen MR) is 45.8 cm³/mol. The van der Waals surface area contributed by atoms with E-state index in [1.807, 2.05) is 0 Å². The number of H-pyrrole nitrogens is 1. The minimum atomic E-state index is -0.0603. The minimum absolute atomic E-state index is 0.0603. The molecule has 0 aliphatic heterocycles. The maximum Gasteiger partial charge on any atom is 0.227 e. The lowest BCUT2D eigenvalue weighted by Gasteiger charge is -2.00. The zero-order valence-electron chi connectivity index (χ0n) is 7.58. The Morgan fingerprint density at radius 1 is 1.62 bits per heavy atom. The first-order valence-electron chi connectivity index (χ1n) is 4.32. The molecule has 1 aromatic heterocycles. The summed E-state index contributed by atoms with van der Waals surface area (Å²) in [6.45, 7) is 2.79. The zero-order valence-corrected chi connectivity index (χ0v) is 7.58. The summed E-state index contributed by atoms with van der Waals surface area (Å²) >= 11 is 0. The number of aromatic amines is 1. The third-order valence-corrected chi connectivity index (χ3v) is 1.56. The van der Waals surface area contributed by atoms with Crippen LogP contribution in [0.15, 0.2) is 0 Å². The molecule has 0 aromatic carbocycles. The van der Waals surface area contributed by atoms with Crippen molar-refractivity contribution in [2.45, 2.75) is 26.2 Å². The van der Waals surface area contributed by atoms with Crippen molar-refractivity contribution >= 4 is 5.91 Å². The van der Waals surface area contributed by atoms with Crippen LogP contribution in [-0.4, -0.2) is 33.1 Å². The summed E-state index contributed by atoms with van der Waals surface area (Å²) in [5.41, 5.74) is 0. The second-order valence-electron chi connectivity index (χ2n) is 2.71. The summed E-state index contributed by atoms with van der Waals surface area (Å²) < 4.78 is 0. The summed E-state index contributed by atoms with van der Waals surface area (Å²) in [5.74, 6) is 0.365. The Morgan fingerprint density at radius 2 is 2.46 bits per heavy atom. The average Bonchev–Trinajstić information content (AvgIpc) is 2.57. The SMILES string of the molecule is CCCCNC(=O)Cc1nn[nH]n1. The lowest BCUT2D eigenvalue weighted by molar-refractivity contribution is -0.120. The molecule has 0 bridgehead atoms. The Balaban J connectivity index is 2.18. The van der Waals surface area contributed by atoms with Crippen LogP contribution in [0.25, 0.3) is 0 Å². The lowest BCUT2D eigenvalue weighted by atomic mass is 10.3. The second kappa shape index (κ2) is 5.23. The van der Waals surface area contributed by atoms with Crippen LogP contribution in [-0.2, 0) is 11.2 Å². The number of rotatable bonds is 5. The van der Waals surface area contributed by atoms with Crippen LogP contribution < -0.4 is 5.32 Å². The standard InChI is InChI=1S/C7H13N5O/c1-2-3-4-8-7(13)5-6-9-11-12-10-6/h2-5H2,1H3,(H,8,13)(H,9,10,11,12). The number of hydrogen-bond donors (Lipinski definition) is 2. The van der Waals surface area contributed by atoms with Crippen molar-refractivity contribution in [3.63, 3.8) is 0 Å². The predicted octanol–water partition coefficient (Wildman–Crippen LogP) is -0.342. The fourth-order valence-corrected chi connectivity index (χ4v) is 0.868. The molecule has 0 saturated carbocycles. The Hall–Kier alpha value is -1.46. The van der Waals surface area contributed by atoms with Crippen molar-refractivity contribution in [2.24, 2.45) is 0 Å². The number of unbranched alkanes of at least 4 members (excludes halogenated alkanes) is 1. The van der Waals surface area contributed by atoms with Crippen molar-refractivity contribution < 1.29 is 4.79 Å². The second-order valence-corrected chi connectivity index (χ2v) is 2.71. The van der Waals surface area contributed by atoms with E-state index in [9.17, 15) is 4.79 Å². The van der Waals surface area contributed by atoms with Crippen LogP contribution >= 0.6 is 0 Å². The van der Waals surface area contributed by atoms with Gasteiger partial charge in [-0.25, -0.2) is 0 Å². The van der Waals surface area contributed by atoms with Gasteiger partial charge in [-0.3, -0.25) is 4.79 Å². The summed E-state index contributed by atoms with van der Waals surface area (Å²) in [6.07, 6.45) is 2.26. The van der Waals surface area contributed by atoms with Gasteiger partial charge in [0.05, 0.1) is 6.42 Å². The quantitative estimate of drug-likeness (QED) is 0.611. The Bertz CT molecular complexity index is 245. The van der Waals surface area contributed by atoms with E-state index >= 15 is 0 Å². The van der Waals surface area contributed by atoms with E-state index < -0.39 is 0 Å². The van der Waals surface area contributed by atoms with Gasteiger partial charge in [0.15, 0.2) is 5.82 Å². The van der Waals surface area contributed by atoms with Gasteiger partial charge in [0.1, 0.15) is 0 Å². The van der Waals surface area contributed by atoms with Gasteiger partial charge < -0.3 is 5.32 Å². The monoisotopic (exact) mass is 183 g/mol. The number of carbonyl (C=O) groups is 1. The van der Waals surface area contributed by atoms with E-state index in [1.54, 1.807) is 0 Å². The highest BCUT2D eigenvalue weighted by molar-refractivity contribution is 5.77. The summed E-state index contributed by atoms with van der Waals surface area (Å²) in [7, 11) is 0. The molecule has 13 heavy (non-hydrogen) atoms. The molecule has 72 valence electrons. The van der Waals surface area contributed by atoms with Gasteiger partial charge in [-0.1, -0.05) is 18.6 Å². The summed E-state index contributed by atoms with van der Waals surface area (Å²) in [6, 6.07) is 0. The number of nitrogens with one attached hydrogen (secondary N) is 2. The number of amides is 1. The molecule has 2 N–H and O–H groups in total. The maximum atomic E-state index is 11.2. The fourth-order valence-electron chi connectivity index (χ4n) is 0.868. The largest absolute Gasteiger partial charge is 0.356 e. The van der Waals surface area contributed by atoms with E-state index in [0.29, 0.717) is 12.4 Å². The molecule has 1 rings (SSSR count). The Kier molecular flexibility index (Phi) is 3.87.